The molecule has 1 aromatic heterocycles. The standard InChI is InChI=1S/C12H14ClN3O2S/c1-9-14-8-12(16-9)19(17,18)15-7-6-10-2-4-11(13)5-3-10/h2-5,8,15H,6-7H2,1H3,(H,14,16). The molecular weight excluding hydrogens is 286 g/mol. The summed E-state index contributed by atoms with van der Waals surface area (Å²) in [6, 6.07) is 7.31. The molecule has 1 aromatic carbocycles. The van der Waals surface area contributed by atoms with Gasteiger partial charge in [0.1, 0.15) is 5.82 Å². The summed E-state index contributed by atoms with van der Waals surface area (Å²) in [4.78, 5) is 6.56. The third kappa shape index (κ3) is 3.79. The fraction of sp³-hybridized carbons (Fsp3) is 0.250. The van der Waals surface area contributed by atoms with Crippen molar-refractivity contribution < 1.29 is 8.42 Å². The molecule has 0 saturated carbocycles. The molecule has 19 heavy (non-hydrogen) atoms. The van der Waals surface area contributed by atoms with Crippen LogP contribution in [0.25, 0.3) is 0 Å². The summed E-state index contributed by atoms with van der Waals surface area (Å²) in [5.74, 6) is 0.568. The first-order chi connectivity index (χ1) is 8.97. The highest BCUT2D eigenvalue weighted by atomic mass is 35.5. The Morgan fingerprint density at radius 2 is 2.00 bits per heavy atom. The van der Waals surface area contributed by atoms with Crippen LogP contribution < -0.4 is 4.72 Å². The first-order valence-corrected chi connectivity index (χ1v) is 7.59. The number of hydrogen-bond donors (Lipinski definition) is 2. The lowest BCUT2D eigenvalue weighted by molar-refractivity contribution is 0.578. The Morgan fingerprint density at radius 1 is 1.32 bits per heavy atom. The summed E-state index contributed by atoms with van der Waals surface area (Å²) in [7, 11) is -3.51. The zero-order valence-electron chi connectivity index (χ0n) is 10.4. The normalized spacial score (nSPS) is 11.7. The van der Waals surface area contributed by atoms with Gasteiger partial charge in [0.05, 0.1) is 6.20 Å². The van der Waals surface area contributed by atoms with Crippen LogP contribution >= 0.6 is 11.6 Å². The first kappa shape index (κ1) is 14.0. The van der Waals surface area contributed by atoms with Gasteiger partial charge in [0.25, 0.3) is 10.0 Å². The van der Waals surface area contributed by atoms with Crippen LogP contribution in [0.4, 0.5) is 0 Å². The van der Waals surface area contributed by atoms with Gasteiger partial charge in [0.15, 0.2) is 5.03 Å². The van der Waals surface area contributed by atoms with E-state index in [1.807, 2.05) is 12.1 Å². The van der Waals surface area contributed by atoms with E-state index < -0.39 is 10.0 Å². The van der Waals surface area contributed by atoms with Gasteiger partial charge in [0.2, 0.25) is 0 Å². The lowest BCUT2D eigenvalue weighted by atomic mass is 10.2. The van der Waals surface area contributed by atoms with Crippen LogP contribution in [0.5, 0.6) is 0 Å². The molecule has 0 saturated heterocycles. The van der Waals surface area contributed by atoms with Crippen molar-refractivity contribution in [2.75, 3.05) is 6.54 Å². The Hall–Kier alpha value is -1.37. The van der Waals surface area contributed by atoms with Crippen molar-refractivity contribution in [2.45, 2.75) is 18.4 Å². The minimum atomic E-state index is -3.51. The van der Waals surface area contributed by atoms with Crippen molar-refractivity contribution in [3.63, 3.8) is 0 Å². The van der Waals surface area contributed by atoms with Gasteiger partial charge in [0, 0.05) is 11.6 Å². The van der Waals surface area contributed by atoms with Gasteiger partial charge in [-0.25, -0.2) is 18.1 Å². The number of H-pyrrole nitrogens is 1. The average molecular weight is 300 g/mol. The maximum atomic E-state index is 11.9. The molecule has 0 fully saturated rings. The number of nitrogens with one attached hydrogen (secondary N) is 2. The quantitative estimate of drug-likeness (QED) is 0.885. The van der Waals surface area contributed by atoms with E-state index in [1.54, 1.807) is 19.1 Å². The number of aromatic nitrogens is 2. The number of benzene rings is 1. The second-order valence-corrected chi connectivity index (χ2v) is 6.28. The molecule has 0 aliphatic carbocycles. The highest BCUT2D eigenvalue weighted by molar-refractivity contribution is 7.89. The van der Waals surface area contributed by atoms with E-state index in [4.69, 9.17) is 11.6 Å². The summed E-state index contributed by atoms with van der Waals surface area (Å²) in [6.07, 6.45) is 1.91. The smallest absolute Gasteiger partial charge is 0.257 e. The Bertz CT molecular complexity index is 650. The highest BCUT2D eigenvalue weighted by Gasteiger charge is 2.15. The van der Waals surface area contributed by atoms with Gasteiger partial charge in [-0.15, -0.1) is 0 Å². The SMILES string of the molecule is Cc1ncc(S(=O)(=O)NCCc2ccc(Cl)cc2)[nH]1. The number of nitrogens with zero attached hydrogens (tertiary/aromatic N) is 1. The largest absolute Gasteiger partial charge is 0.332 e. The van der Waals surface area contributed by atoms with E-state index in [-0.39, 0.29) is 5.03 Å². The number of hydrogen-bond acceptors (Lipinski definition) is 3. The maximum absolute atomic E-state index is 11.9. The zero-order valence-corrected chi connectivity index (χ0v) is 11.9. The molecule has 102 valence electrons. The van der Waals surface area contributed by atoms with E-state index in [1.165, 1.54) is 6.20 Å². The van der Waals surface area contributed by atoms with Crippen molar-refractivity contribution in [1.29, 1.82) is 0 Å². The van der Waals surface area contributed by atoms with Crippen LogP contribution in [0.2, 0.25) is 5.02 Å². The Balaban J connectivity index is 1.93. The molecule has 0 atom stereocenters. The molecule has 2 aromatic rings. The van der Waals surface area contributed by atoms with Crippen LogP contribution in [0.15, 0.2) is 35.5 Å². The molecular formula is C12H14ClN3O2S. The summed E-state index contributed by atoms with van der Waals surface area (Å²) in [6.45, 7) is 2.02. The molecule has 0 aliphatic rings. The van der Waals surface area contributed by atoms with E-state index in [0.29, 0.717) is 23.8 Å². The second kappa shape index (κ2) is 5.73. The van der Waals surface area contributed by atoms with Gasteiger partial charge < -0.3 is 4.98 Å². The number of sulfonamides is 1. The first-order valence-electron chi connectivity index (χ1n) is 5.73. The third-order valence-electron chi connectivity index (χ3n) is 2.59. The fourth-order valence-electron chi connectivity index (χ4n) is 1.59. The fourth-order valence-corrected chi connectivity index (χ4v) is 2.72. The molecule has 2 rings (SSSR count). The molecule has 0 amide bonds. The van der Waals surface area contributed by atoms with Crippen molar-refractivity contribution >= 4 is 21.6 Å². The number of halogens is 1. The lowest BCUT2D eigenvalue weighted by Gasteiger charge is -2.05. The third-order valence-corrected chi connectivity index (χ3v) is 4.21. The van der Waals surface area contributed by atoms with Crippen LogP contribution in [-0.2, 0) is 16.4 Å². The number of aromatic amines is 1. The number of rotatable bonds is 5. The highest BCUT2D eigenvalue weighted by Crippen LogP contribution is 2.10. The zero-order chi connectivity index (χ0) is 13.9. The van der Waals surface area contributed by atoms with Gasteiger partial charge in [-0.3, -0.25) is 0 Å². The summed E-state index contributed by atoms with van der Waals surface area (Å²) in [5.41, 5.74) is 1.02. The molecule has 5 nitrogen and oxygen atoms in total. The van der Waals surface area contributed by atoms with E-state index in [9.17, 15) is 8.42 Å². The summed E-state index contributed by atoms with van der Waals surface area (Å²) in [5, 5.41) is 0.748. The molecule has 0 unspecified atom stereocenters. The Morgan fingerprint density at radius 3 is 2.58 bits per heavy atom. The van der Waals surface area contributed by atoms with E-state index >= 15 is 0 Å². The predicted octanol–water partition coefficient (Wildman–Crippen LogP) is 1.89. The number of aryl methyl sites for hydroxylation is 1. The molecule has 1 heterocycles. The van der Waals surface area contributed by atoms with Crippen molar-refractivity contribution in [3.05, 3.63) is 46.9 Å². The van der Waals surface area contributed by atoms with Crippen LogP contribution in [-0.4, -0.2) is 24.9 Å². The summed E-state index contributed by atoms with van der Waals surface area (Å²) >= 11 is 5.78. The van der Waals surface area contributed by atoms with E-state index in [0.717, 1.165) is 5.56 Å². The topological polar surface area (TPSA) is 74.8 Å². The van der Waals surface area contributed by atoms with Crippen molar-refractivity contribution in [2.24, 2.45) is 0 Å². The monoisotopic (exact) mass is 299 g/mol. The molecule has 0 aliphatic heterocycles. The molecule has 7 heteroatoms. The van der Waals surface area contributed by atoms with Crippen molar-refractivity contribution in [1.82, 2.24) is 14.7 Å². The van der Waals surface area contributed by atoms with Crippen LogP contribution in [0, 0.1) is 6.92 Å². The minimum absolute atomic E-state index is 0.0844. The molecule has 2 N–H and O–H groups in total. The van der Waals surface area contributed by atoms with Crippen LogP contribution in [0.1, 0.15) is 11.4 Å². The van der Waals surface area contributed by atoms with Gasteiger partial charge >= 0.3 is 0 Å². The van der Waals surface area contributed by atoms with Crippen molar-refractivity contribution in [3.8, 4) is 0 Å². The Labute approximate surface area is 117 Å². The second-order valence-electron chi connectivity index (χ2n) is 4.11. The Kier molecular flexibility index (Phi) is 4.24. The van der Waals surface area contributed by atoms with Crippen LogP contribution in [0.3, 0.4) is 0 Å². The number of imidazole rings is 1. The maximum Gasteiger partial charge on any atom is 0.257 e. The average Bonchev–Trinajstić information content (AvgIpc) is 2.79. The lowest BCUT2D eigenvalue weighted by Crippen LogP contribution is -2.26. The summed E-state index contributed by atoms with van der Waals surface area (Å²) < 4.78 is 26.3. The minimum Gasteiger partial charge on any atom is -0.332 e. The van der Waals surface area contributed by atoms with Gasteiger partial charge in [-0.2, -0.15) is 0 Å². The molecule has 0 bridgehead atoms. The van der Waals surface area contributed by atoms with Gasteiger partial charge in [-0.05, 0) is 31.0 Å². The predicted molar refractivity (Wildman–Crippen MR) is 73.7 cm³/mol. The molecule has 0 spiro atoms. The molecule has 0 radical (unpaired) electrons. The van der Waals surface area contributed by atoms with E-state index in [2.05, 4.69) is 14.7 Å². The van der Waals surface area contributed by atoms with Gasteiger partial charge in [-0.1, -0.05) is 23.7 Å².